The average molecular weight is 1090 g/mol. The van der Waals surface area contributed by atoms with Crippen LogP contribution in [0.1, 0.15) is 335 Å². The number of rotatable bonds is 61. The summed E-state index contributed by atoms with van der Waals surface area (Å²) in [6.45, 7) is 6.53. The number of ether oxygens (including phenoxy) is 3. The van der Waals surface area contributed by atoms with Crippen LogP contribution in [0.2, 0.25) is 0 Å². The third-order valence-corrected chi connectivity index (χ3v) is 14.6. The fraction of sp³-hybridized carbons (Fsp3) is 0.764. The predicted molar refractivity (Wildman–Crippen MR) is 339 cm³/mol. The Kier molecular flexibility index (Phi) is 63.2. The van der Waals surface area contributed by atoms with Gasteiger partial charge in [0.1, 0.15) is 13.2 Å². The van der Waals surface area contributed by atoms with Crippen LogP contribution in [0.25, 0.3) is 0 Å². The number of unbranched alkanes of at least 4 members (excludes halogenated alkanes) is 36. The molecule has 450 valence electrons. The van der Waals surface area contributed by atoms with Crippen molar-refractivity contribution < 1.29 is 28.6 Å². The smallest absolute Gasteiger partial charge is 0.306 e. The zero-order valence-electron chi connectivity index (χ0n) is 51.7. The SMILES string of the molecule is CC/C=C\C/C=C\C/C=C\C/C=C\C/C=C\CCCCCC(=O)OC(COC(=O)CCCCCCC/C=C\CCCCCCCCC)COC(=O)CCCCCCCCCCCCCCC/C=C\CCCCCCCCCC. The zero-order valence-corrected chi connectivity index (χ0v) is 51.7. The molecule has 0 radical (unpaired) electrons. The summed E-state index contributed by atoms with van der Waals surface area (Å²) < 4.78 is 16.9. The van der Waals surface area contributed by atoms with E-state index in [9.17, 15) is 14.4 Å². The molecule has 0 aliphatic rings. The molecule has 0 saturated heterocycles. The first-order valence-corrected chi connectivity index (χ1v) is 33.6. The molecule has 0 aliphatic heterocycles. The van der Waals surface area contributed by atoms with Gasteiger partial charge in [-0.15, -0.1) is 0 Å². The van der Waals surface area contributed by atoms with Gasteiger partial charge in [-0.25, -0.2) is 0 Å². The maximum Gasteiger partial charge on any atom is 0.306 e. The molecule has 0 aliphatic carbocycles. The third kappa shape index (κ3) is 63.4. The summed E-state index contributed by atoms with van der Waals surface area (Å²) in [6, 6.07) is 0. The van der Waals surface area contributed by atoms with Gasteiger partial charge in [0.25, 0.3) is 0 Å². The fourth-order valence-corrected chi connectivity index (χ4v) is 9.58. The highest BCUT2D eigenvalue weighted by Crippen LogP contribution is 2.17. The van der Waals surface area contributed by atoms with E-state index >= 15 is 0 Å². The molecule has 0 bridgehead atoms. The molecular formula is C72H126O6. The van der Waals surface area contributed by atoms with Gasteiger partial charge in [-0.3, -0.25) is 14.4 Å². The summed E-state index contributed by atoms with van der Waals surface area (Å²) in [5.74, 6) is -0.918. The molecule has 0 spiro atoms. The average Bonchev–Trinajstić information content (AvgIpc) is 3.44. The minimum Gasteiger partial charge on any atom is -0.462 e. The van der Waals surface area contributed by atoms with Crippen molar-refractivity contribution in [1.82, 2.24) is 0 Å². The molecule has 0 amide bonds. The van der Waals surface area contributed by atoms with Gasteiger partial charge in [0.2, 0.25) is 0 Å². The lowest BCUT2D eigenvalue weighted by atomic mass is 10.0. The highest BCUT2D eigenvalue weighted by molar-refractivity contribution is 5.71. The van der Waals surface area contributed by atoms with E-state index in [0.717, 1.165) is 103 Å². The molecule has 0 aromatic carbocycles. The molecule has 0 rings (SSSR count). The molecule has 6 nitrogen and oxygen atoms in total. The Morgan fingerprint density at radius 2 is 0.500 bits per heavy atom. The van der Waals surface area contributed by atoms with Crippen LogP contribution in [-0.2, 0) is 28.6 Å². The number of carbonyl (C=O) groups excluding carboxylic acids is 3. The van der Waals surface area contributed by atoms with Crippen LogP contribution in [-0.4, -0.2) is 37.2 Å². The first-order chi connectivity index (χ1) is 38.5. The van der Waals surface area contributed by atoms with Crippen LogP contribution in [0.15, 0.2) is 85.1 Å². The van der Waals surface area contributed by atoms with Crippen molar-refractivity contribution in [3.8, 4) is 0 Å². The van der Waals surface area contributed by atoms with Gasteiger partial charge in [0.15, 0.2) is 6.10 Å². The standard InChI is InChI=1S/C72H126O6/c1-4-7-10-13-16-19-22-25-28-31-33-34-35-36-37-38-40-41-44-47-50-53-56-59-62-65-71(74)77-68-69(67-76-70(73)64-61-58-55-52-49-46-43-30-27-24-21-18-15-12-9-6-3)78-72(75)66-63-60-57-54-51-48-45-42-39-32-29-26-23-20-17-14-11-8-5-2/h8,11,17,20,26,29-31,33,39,42-43,48,51,69H,4-7,9-10,12-16,18-19,21-25,27-28,32,34-38,40-41,44-47,49-50,52-68H2,1-3H3/b11-8-,20-17-,29-26-,33-31-,42-39-,43-30-,51-48-. The number of hydrogen-bond donors (Lipinski definition) is 0. The second-order valence-corrected chi connectivity index (χ2v) is 22.3. The Hall–Kier alpha value is -3.41. The van der Waals surface area contributed by atoms with E-state index in [1.807, 2.05) is 0 Å². The van der Waals surface area contributed by atoms with Crippen LogP contribution in [0.3, 0.4) is 0 Å². The van der Waals surface area contributed by atoms with E-state index in [1.54, 1.807) is 0 Å². The summed E-state index contributed by atoms with van der Waals surface area (Å²) in [5.41, 5.74) is 0. The maximum atomic E-state index is 12.9. The molecule has 0 saturated carbocycles. The largest absolute Gasteiger partial charge is 0.462 e. The lowest BCUT2D eigenvalue weighted by Gasteiger charge is -2.18. The summed E-state index contributed by atoms with van der Waals surface area (Å²) in [6.07, 6.45) is 87.4. The minimum absolute atomic E-state index is 0.0911. The molecule has 0 heterocycles. The number of allylic oxidation sites excluding steroid dienone is 14. The highest BCUT2D eigenvalue weighted by atomic mass is 16.6. The Bertz CT molecular complexity index is 1480. The van der Waals surface area contributed by atoms with Crippen LogP contribution in [0.5, 0.6) is 0 Å². The van der Waals surface area contributed by atoms with Gasteiger partial charge < -0.3 is 14.2 Å². The fourth-order valence-electron chi connectivity index (χ4n) is 9.58. The molecule has 1 atom stereocenters. The van der Waals surface area contributed by atoms with Crippen molar-refractivity contribution in [3.05, 3.63) is 85.1 Å². The molecule has 6 heteroatoms. The Labute approximate surface area is 484 Å². The van der Waals surface area contributed by atoms with Crippen molar-refractivity contribution >= 4 is 17.9 Å². The van der Waals surface area contributed by atoms with Crippen LogP contribution >= 0.6 is 0 Å². The first kappa shape index (κ1) is 74.6. The lowest BCUT2D eigenvalue weighted by molar-refractivity contribution is -0.167. The van der Waals surface area contributed by atoms with Crippen molar-refractivity contribution in [2.45, 2.75) is 341 Å². The van der Waals surface area contributed by atoms with Crippen molar-refractivity contribution in [3.63, 3.8) is 0 Å². The summed E-state index contributed by atoms with van der Waals surface area (Å²) in [7, 11) is 0. The zero-order chi connectivity index (χ0) is 56.4. The first-order valence-electron chi connectivity index (χ1n) is 33.6. The monoisotopic (exact) mass is 1090 g/mol. The van der Waals surface area contributed by atoms with Gasteiger partial charge in [0, 0.05) is 19.3 Å². The number of hydrogen-bond acceptors (Lipinski definition) is 6. The molecule has 0 N–H and O–H groups in total. The maximum absolute atomic E-state index is 12.9. The van der Waals surface area contributed by atoms with Crippen molar-refractivity contribution in [2.24, 2.45) is 0 Å². The number of esters is 3. The molecule has 0 fully saturated rings. The van der Waals surface area contributed by atoms with Gasteiger partial charge in [-0.2, -0.15) is 0 Å². The Balaban J connectivity index is 4.37. The van der Waals surface area contributed by atoms with Crippen molar-refractivity contribution in [2.75, 3.05) is 13.2 Å². The molecule has 78 heavy (non-hydrogen) atoms. The third-order valence-electron chi connectivity index (χ3n) is 14.6. The van der Waals surface area contributed by atoms with Gasteiger partial charge in [-0.1, -0.05) is 286 Å². The van der Waals surface area contributed by atoms with Gasteiger partial charge in [-0.05, 0) is 116 Å². The van der Waals surface area contributed by atoms with Crippen molar-refractivity contribution in [1.29, 1.82) is 0 Å². The van der Waals surface area contributed by atoms with Crippen LogP contribution < -0.4 is 0 Å². The van der Waals surface area contributed by atoms with E-state index < -0.39 is 6.10 Å². The van der Waals surface area contributed by atoms with Gasteiger partial charge in [0.05, 0.1) is 0 Å². The molecule has 1 unspecified atom stereocenters. The lowest BCUT2D eigenvalue weighted by Crippen LogP contribution is -2.30. The van der Waals surface area contributed by atoms with E-state index in [1.165, 1.54) is 193 Å². The van der Waals surface area contributed by atoms with E-state index in [0.29, 0.717) is 12.8 Å². The second-order valence-electron chi connectivity index (χ2n) is 22.3. The summed E-state index contributed by atoms with van der Waals surface area (Å²) in [5, 5.41) is 0. The Morgan fingerprint density at radius 3 is 0.808 bits per heavy atom. The second kappa shape index (κ2) is 66.1. The minimum atomic E-state index is -0.799. The van der Waals surface area contributed by atoms with Crippen LogP contribution in [0, 0.1) is 0 Å². The highest BCUT2D eigenvalue weighted by Gasteiger charge is 2.19. The topological polar surface area (TPSA) is 78.9 Å². The van der Waals surface area contributed by atoms with Gasteiger partial charge >= 0.3 is 17.9 Å². The van der Waals surface area contributed by atoms with E-state index in [2.05, 4.69) is 106 Å². The van der Waals surface area contributed by atoms with E-state index in [-0.39, 0.29) is 37.5 Å². The molecular weight excluding hydrogens is 961 g/mol. The van der Waals surface area contributed by atoms with E-state index in [4.69, 9.17) is 14.2 Å². The summed E-state index contributed by atoms with van der Waals surface area (Å²) in [4.78, 5) is 38.4. The predicted octanol–water partition coefficient (Wildman–Crippen LogP) is 23.1. The normalized spacial score (nSPS) is 12.6. The summed E-state index contributed by atoms with van der Waals surface area (Å²) >= 11 is 0. The van der Waals surface area contributed by atoms with Crippen LogP contribution in [0.4, 0.5) is 0 Å². The molecule has 0 aromatic rings. The quantitative estimate of drug-likeness (QED) is 0.0261. The molecule has 0 aromatic heterocycles. The number of carbonyl (C=O) groups is 3. The Morgan fingerprint density at radius 1 is 0.269 bits per heavy atom.